The molecule has 1 aromatic heterocycles. The highest BCUT2D eigenvalue weighted by molar-refractivity contribution is 5.94. The second-order valence-corrected chi connectivity index (χ2v) is 5.95. The van der Waals surface area contributed by atoms with Crippen molar-refractivity contribution in [2.75, 3.05) is 0 Å². The molecule has 6 heteroatoms. The van der Waals surface area contributed by atoms with Crippen molar-refractivity contribution < 1.29 is 9.18 Å². The second kappa shape index (κ2) is 7.91. The molecular formula is C20H21FN4O. The van der Waals surface area contributed by atoms with E-state index >= 15 is 0 Å². The Morgan fingerprint density at radius 1 is 1.08 bits per heavy atom. The third-order valence-electron chi connectivity index (χ3n) is 4.29. The highest BCUT2D eigenvalue weighted by atomic mass is 19.1. The zero-order chi connectivity index (χ0) is 18.5. The predicted molar refractivity (Wildman–Crippen MR) is 98.0 cm³/mol. The molecule has 0 aliphatic rings. The summed E-state index contributed by atoms with van der Waals surface area (Å²) in [5.41, 5.74) is 2.40. The van der Waals surface area contributed by atoms with Crippen molar-refractivity contribution in [3.05, 3.63) is 72.1 Å². The summed E-state index contributed by atoms with van der Waals surface area (Å²) in [5, 5.41) is 7.18. The lowest BCUT2D eigenvalue weighted by Gasteiger charge is -2.17. The molecule has 0 spiro atoms. The number of hydrogen-bond donors (Lipinski definition) is 1. The SMILES string of the molecule is CCC(NC(=O)c1ccc(-c2ccc(F)cc2)cc1)c1ncnn1CC. The van der Waals surface area contributed by atoms with E-state index in [0.717, 1.165) is 23.4 Å². The molecule has 1 atom stereocenters. The molecule has 0 aliphatic carbocycles. The minimum Gasteiger partial charge on any atom is -0.342 e. The van der Waals surface area contributed by atoms with Crippen LogP contribution in [0.3, 0.4) is 0 Å². The minimum atomic E-state index is -0.268. The average Bonchev–Trinajstić information content (AvgIpc) is 3.15. The van der Waals surface area contributed by atoms with Crippen LogP contribution in [0.25, 0.3) is 11.1 Å². The van der Waals surface area contributed by atoms with Crippen LogP contribution in [0.4, 0.5) is 4.39 Å². The van der Waals surface area contributed by atoms with Gasteiger partial charge in [-0.3, -0.25) is 4.79 Å². The Kier molecular flexibility index (Phi) is 5.41. The maximum absolute atomic E-state index is 13.0. The zero-order valence-corrected chi connectivity index (χ0v) is 14.8. The van der Waals surface area contributed by atoms with Gasteiger partial charge < -0.3 is 5.32 Å². The van der Waals surface area contributed by atoms with Crippen molar-refractivity contribution >= 4 is 5.91 Å². The molecular weight excluding hydrogens is 331 g/mol. The molecule has 0 saturated heterocycles. The summed E-state index contributed by atoms with van der Waals surface area (Å²) in [4.78, 5) is 16.9. The average molecular weight is 352 g/mol. The monoisotopic (exact) mass is 352 g/mol. The van der Waals surface area contributed by atoms with Crippen LogP contribution in [0.15, 0.2) is 54.9 Å². The van der Waals surface area contributed by atoms with Gasteiger partial charge in [-0.2, -0.15) is 5.10 Å². The standard InChI is InChI=1S/C20H21FN4O/c1-3-18(19-22-13-23-25(19)4-2)24-20(26)16-7-5-14(6-8-16)15-9-11-17(21)12-10-15/h5-13,18H,3-4H2,1-2H3,(H,24,26). The number of carbonyl (C=O) groups is 1. The fraction of sp³-hybridized carbons (Fsp3) is 0.250. The molecule has 26 heavy (non-hydrogen) atoms. The Morgan fingerprint density at radius 3 is 2.27 bits per heavy atom. The van der Waals surface area contributed by atoms with E-state index in [9.17, 15) is 9.18 Å². The molecule has 1 amide bonds. The number of halogens is 1. The van der Waals surface area contributed by atoms with Crippen LogP contribution in [0.5, 0.6) is 0 Å². The lowest BCUT2D eigenvalue weighted by Crippen LogP contribution is -2.30. The van der Waals surface area contributed by atoms with Gasteiger partial charge >= 0.3 is 0 Å². The third kappa shape index (κ3) is 3.79. The maximum Gasteiger partial charge on any atom is 0.251 e. The first-order valence-corrected chi connectivity index (χ1v) is 8.67. The van der Waals surface area contributed by atoms with Gasteiger partial charge in [0.1, 0.15) is 18.0 Å². The van der Waals surface area contributed by atoms with Crippen LogP contribution in [-0.2, 0) is 6.54 Å². The van der Waals surface area contributed by atoms with Crippen molar-refractivity contribution in [1.82, 2.24) is 20.1 Å². The van der Waals surface area contributed by atoms with Gasteiger partial charge in [-0.25, -0.2) is 14.1 Å². The highest BCUT2D eigenvalue weighted by Gasteiger charge is 2.18. The number of aryl methyl sites for hydroxylation is 1. The number of rotatable bonds is 6. The summed E-state index contributed by atoms with van der Waals surface area (Å²) in [5.74, 6) is 0.328. The predicted octanol–water partition coefficient (Wildman–Crippen LogP) is 3.99. The number of amides is 1. The summed E-state index contributed by atoms with van der Waals surface area (Å²) in [7, 11) is 0. The van der Waals surface area contributed by atoms with E-state index in [1.807, 2.05) is 26.0 Å². The number of carbonyl (C=O) groups excluding carboxylic acids is 1. The van der Waals surface area contributed by atoms with E-state index in [4.69, 9.17) is 0 Å². The second-order valence-electron chi connectivity index (χ2n) is 5.95. The van der Waals surface area contributed by atoms with Crippen molar-refractivity contribution in [2.45, 2.75) is 32.9 Å². The van der Waals surface area contributed by atoms with Crippen LogP contribution in [-0.4, -0.2) is 20.7 Å². The number of aromatic nitrogens is 3. The van der Waals surface area contributed by atoms with Crippen LogP contribution in [0.2, 0.25) is 0 Å². The van der Waals surface area contributed by atoms with Crippen molar-refractivity contribution in [1.29, 1.82) is 0 Å². The third-order valence-corrected chi connectivity index (χ3v) is 4.29. The summed E-state index contributed by atoms with van der Waals surface area (Å²) < 4.78 is 14.8. The highest BCUT2D eigenvalue weighted by Crippen LogP contribution is 2.21. The maximum atomic E-state index is 13.0. The first-order valence-electron chi connectivity index (χ1n) is 8.67. The molecule has 0 saturated carbocycles. The van der Waals surface area contributed by atoms with E-state index in [1.165, 1.54) is 18.5 Å². The van der Waals surface area contributed by atoms with Crippen molar-refractivity contribution in [2.24, 2.45) is 0 Å². The Morgan fingerprint density at radius 2 is 1.69 bits per heavy atom. The van der Waals surface area contributed by atoms with Gasteiger partial charge in [-0.05, 0) is 48.7 Å². The molecule has 2 aromatic carbocycles. The van der Waals surface area contributed by atoms with Gasteiger partial charge in [-0.1, -0.05) is 31.2 Å². The number of benzene rings is 2. The summed E-state index contributed by atoms with van der Waals surface area (Å²) in [6, 6.07) is 13.3. The molecule has 134 valence electrons. The molecule has 3 aromatic rings. The Balaban J connectivity index is 1.74. The summed E-state index contributed by atoms with van der Waals surface area (Å²) in [6.07, 6.45) is 2.23. The topological polar surface area (TPSA) is 59.8 Å². The normalized spacial score (nSPS) is 12.0. The van der Waals surface area contributed by atoms with Crippen LogP contribution in [0, 0.1) is 5.82 Å². The van der Waals surface area contributed by atoms with Crippen LogP contribution in [0.1, 0.15) is 42.5 Å². The van der Waals surface area contributed by atoms with E-state index in [2.05, 4.69) is 15.4 Å². The fourth-order valence-electron chi connectivity index (χ4n) is 2.83. The van der Waals surface area contributed by atoms with Gasteiger partial charge in [0.2, 0.25) is 0 Å². The Hall–Kier alpha value is -3.02. The fourth-order valence-corrected chi connectivity index (χ4v) is 2.83. The number of hydrogen-bond acceptors (Lipinski definition) is 3. The van der Waals surface area contributed by atoms with Gasteiger partial charge in [-0.15, -0.1) is 0 Å². The first kappa shape index (κ1) is 17.8. The van der Waals surface area contributed by atoms with Crippen LogP contribution >= 0.6 is 0 Å². The quantitative estimate of drug-likeness (QED) is 0.730. The van der Waals surface area contributed by atoms with Crippen molar-refractivity contribution in [3.63, 3.8) is 0 Å². The molecule has 3 rings (SSSR count). The van der Waals surface area contributed by atoms with Gasteiger partial charge in [0.05, 0.1) is 6.04 Å². The number of nitrogens with one attached hydrogen (secondary N) is 1. The van der Waals surface area contributed by atoms with E-state index in [-0.39, 0.29) is 17.8 Å². The molecule has 0 radical (unpaired) electrons. The lowest BCUT2D eigenvalue weighted by molar-refractivity contribution is 0.0932. The first-order chi connectivity index (χ1) is 12.6. The molecule has 1 N–H and O–H groups in total. The summed E-state index contributed by atoms with van der Waals surface area (Å²) in [6.45, 7) is 4.69. The minimum absolute atomic E-state index is 0.159. The summed E-state index contributed by atoms with van der Waals surface area (Å²) >= 11 is 0. The largest absolute Gasteiger partial charge is 0.342 e. The molecule has 0 fully saturated rings. The Labute approximate surface area is 151 Å². The van der Waals surface area contributed by atoms with E-state index < -0.39 is 0 Å². The molecule has 1 unspecified atom stereocenters. The van der Waals surface area contributed by atoms with Gasteiger partial charge in [0, 0.05) is 12.1 Å². The van der Waals surface area contributed by atoms with Crippen LogP contribution < -0.4 is 5.32 Å². The smallest absolute Gasteiger partial charge is 0.251 e. The van der Waals surface area contributed by atoms with E-state index in [1.54, 1.807) is 28.9 Å². The molecule has 5 nitrogen and oxygen atoms in total. The molecule has 0 aliphatic heterocycles. The van der Waals surface area contributed by atoms with E-state index in [0.29, 0.717) is 12.1 Å². The lowest BCUT2D eigenvalue weighted by atomic mass is 10.0. The Bertz CT molecular complexity index is 872. The molecule has 1 heterocycles. The van der Waals surface area contributed by atoms with Gasteiger partial charge in [0.15, 0.2) is 0 Å². The number of nitrogens with zero attached hydrogens (tertiary/aromatic N) is 3. The van der Waals surface area contributed by atoms with Crippen molar-refractivity contribution in [3.8, 4) is 11.1 Å². The molecule has 0 bridgehead atoms. The van der Waals surface area contributed by atoms with Gasteiger partial charge in [0.25, 0.3) is 5.91 Å². The zero-order valence-electron chi connectivity index (χ0n) is 14.8.